The van der Waals surface area contributed by atoms with Crippen LogP contribution in [0.1, 0.15) is 63.9 Å². The number of hydrogen-bond donors (Lipinski definition) is 2. The number of carbonyl (C=O) groups is 2. The molecule has 1 aliphatic carbocycles. The van der Waals surface area contributed by atoms with Crippen molar-refractivity contribution in [2.24, 2.45) is 10.8 Å². The van der Waals surface area contributed by atoms with Crippen LogP contribution in [0.15, 0.2) is 22.8 Å². The van der Waals surface area contributed by atoms with Gasteiger partial charge in [0.15, 0.2) is 5.76 Å². The summed E-state index contributed by atoms with van der Waals surface area (Å²) in [6.45, 7) is 9.04. The fraction of sp³-hybridized carbons (Fsp3) is 0.700. The summed E-state index contributed by atoms with van der Waals surface area (Å²) in [6, 6.07) is 2.86. The maximum Gasteiger partial charge on any atom is 0.287 e. The van der Waals surface area contributed by atoms with Gasteiger partial charge in [-0.25, -0.2) is 0 Å². The first kappa shape index (κ1) is 20.9. The Hall–Kier alpha value is -1.43. The van der Waals surface area contributed by atoms with E-state index in [1.54, 1.807) is 23.9 Å². The summed E-state index contributed by atoms with van der Waals surface area (Å²) in [5.41, 5.74) is 0.401. The largest absolute Gasteiger partial charge is 0.459 e. The number of furan rings is 1. The van der Waals surface area contributed by atoms with Crippen LogP contribution in [0.2, 0.25) is 0 Å². The van der Waals surface area contributed by atoms with Crippen LogP contribution in [0.3, 0.4) is 0 Å². The van der Waals surface area contributed by atoms with Crippen LogP contribution < -0.4 is 10.6 Å². The molecule has 1 aliphatic rings. The zero-order valence-corrected chi connectivity index (χ0v) is 17.4. The van der Waals surface area contributed by atoms with Gasteiger partial charge in [0.05, 0.1) is 6.26 Å². The van der Waals surface area contributed by atoms with Gasteiger partial charge in [-0.05, 0) is 60.7 Å². The number of nitrogens with one attached hydrogen (secondary N) is 2. The zero-order chi connectivity index (χ0) is 19.4. The van der Waals surface area contributed by atoms with Crippen molar-refractivity contribution in [2.45, 2.75) is 65.5 Å². The lowest BCUT2D eigenvalue weighted by molar-refractivity contribution is -0.124. The van der Waals surface area contributed by atoms with Crippen molar-refractivity contribution in [1.29, 1.82) is 0 Å². The van der Waals surface area contributed by atoms with Crippen molar-refractivity contribution in [3.8, 4) is 0 Å². The molecule has 0 aromatic carbocycles. The highest BCUT2D eigenvalue weighted by Crippen LogP contribution is 2.45. The standard InChI is InChI=1S/C20H32N2O3S/c1-19(2)11-14(12-20(3,4)13-19)21-17(23)15(8-10-26-5)22-18(24)16-7-6-9-25-16/h6-7,9,14-15H,8,10-13H2,1-5H3,(H,21,23)(H,22,24)/t15-/m1/s1. The molecule has 1 aromatic heterocycles. The van der Waals surface area contributed by atoms with Gasteiger partial charge in [-0.15, -0.1) is 0 Å². The number of rotatable bonds is 7. The molecule has 0 saturated heterocycles. The van der Waals surface area contributed by atoms with Crippen molar-refractivity contribution in [1.82, 2.24) is 10.6 Å². The minimum atomic E-state index is -0.548. The molecule has 26 heavy (non-hydrogen) atoms. The molecule has 0 unspecified atom stereocenters. The second-order valence-corrected chi connectivity index (χ2v) is 9.89. The van der Waals surface area contributed by atoms with E-state index < -0.39 is 6.04 Å². The van der Waals surface area contributed by atoms with Crippen LogP contribution in [0.25, 0.3) is 0 Å². The summed E-state index contributed by atoms with van der Waals surface area (Å²) in [7, 11) is 0. The van der Waals surface area contributed by atoms with Crippen molar-refractivity contribution >= 4 is 23.6 Å². The fourth-order valence-corrected chi connectivity index (χ4v) is 4.86. The molecular weight excluding hydrogens is 348 g/mol. The lowest BCUT2D eigenvalue weighted by atomic mass is 9.63. The number of thioether (sulfide) groups is 1. The number of carbonyl (C=O) groups excluding carboxylic acids is 2. The summed E-state index contributed by atoms with van der Waals surface area (Å²) in [5, 5.41) is 6.02. The normalized spacial score (nSPS) is 20.3. The Bertz CT molecular complexity index is 595. The molecule has 1 fully saturated rings. The highest BCUT2D eigenvalue weighted by Gasteiger charge is 2.39. The molecule has 1 saturated carbocycles. The third kappa shape index (κ3) is 6.08. The summed E-state index contributed by atoms with van der Waals surface area (Å²) in [6.07, 6.45) is 7.12. The second-order valence-electron chi connectivity index (χ2n) is 8.90. The van der Waals surface area contributed by atoms with Crippen molar-refractivity contribution in [3.05, 3.63) is 24.2 Å². The Morgan fingerprint density at radius 1 is 1.27 bits per heavy atom. The number of amides is 2. The first-order valence-corrected chi connectivity index (χ1v) is 10.6. The van der Waals surface area contributed by atoms with E-state index in [0.29, 0.717) is 6.42 Å². The zero-order valence-electron chi connectivity index (χ0n) is 16.6. The molecule has 0 aliphatic heterocycles. The molecule has 2 rings (SSSR count). The van der Waals surface area contributed by atoms with Crippen molar-refractivity contribution < 1.29 is 14.0 Å². The summed E-state index contributed by atoms with van der Waals surface area (Å²) in [4.78, 5) is 25.2. The molecular formula is C20H32N2O3S. The van der Waals surface area contributed by atoms with Crippen LogP contribution in [0.5, 0.6) is 0 Å². The highest BCUT2D eigenvalue weighted by molar-refractivity contribution is 7.98. The molecule has 5 nitrogen and oxygen atoms in total. The van der Waals surface area contributed by atoms with Crippen molar-refractivity contribution in [2.75, 3.05) is 12.0 Å². The Kier molecular flexibility index (Phi) is 6.83. The predicted octanol–water partition coefficient (Wildman–Crippen LogP) is 3.85. The summed E-state index contributed by atoms with van der Waals surface area (Å²) < 4.78 is 5.14. The molecule has 1 atom stereocenters. The minimum absolute atomic E-state index is 0.0996. The van der Waals surface area contributed by atoms with Crippen LogP contribution in [-0.2, 0) is 4.79 Å². The first-order valence-electron chi connectivity index (χ1n) is 9.26. The quantitative estimate of drug-likeness (QED) is 0.754. The van der Waals surface area contributed by atoms with Crippen molar-refractivity contribution in [3.63, 3.8) is 0 Å². The summed E-state index contributed by atoms with van der Waals surface area (Å²) >= 11 is 1.66. The Balaban J connectivity index is 2.02. The average molecular weight is 381 g/mol. The van der Waals surface area contributed by atoms with Gasteiger partial charge < -0.3 is 15.1 Å². The lowest BCUT2D eigenvalue weighted by Gasteiger charge is -2.45. The molecule has 0 spiro atoms. The van der Waals surface area contributed by atoms with Gasteiger partial charge in [0, 0.05) is 6.04 Å². The van der Waals surface area contributed by atoms with E-state index in [2.05, 4.69) is 38.3 Å². The van der Waals surface area contributed by atoms with E-state index in [0.717, 1.165) is 25.0 Å². The third-order valence-electron chi connectivity index (χ3n) is 4.88. The Labute approximate surface area is 161 Å². The van der Waals surface area contributed by atoms with E-state index in [-0.39, 0.29) is 34.4 Å². The monoisotopic (exact) mass is 380 g/mol. The van der Waals surface area contributed by atoms with E-state index in [1.165, 1.54) is 6.26 Å². The molecule has 146 valence electrons. The maximum atomic E-state index is 12.9. The first-order chi connectivity index (χ1) is 12.1. The summed E-state index contributed by atoms with van der Waals surface area (Å²) in [5.74, 6) is 0.586. The molecule has 2 N–H and O–H groups in total. The van der Waals surface area contributed by atoms with Crippen LogP contribution in [0, 0.1) is 10.8 Å². The van der Waals surface area contributed by atoms with Crippen LogP contribution >= 0.6 is 11.8 Å². The Morgan fingerprint density at radius 2 is 1.92 bits per heavy atom. The predicted molar refractivity (Wildman–Crippen MR) is 106 cm³/mol. The SMILES string of the molecule is CSCC[C@@H](NC(=O)c1ccco1)C(=O)NC1CC(C)(C)CC(C)(C)C1. The van der Waals surface area contributed by atoms with Gasteiger partial charge in [0.2, 0.25) is 5.91 Å². The smallest absolute Gasteiger partial charge is 0.287 e. The molecule has 1 heterocycles. The minimum Gasteiger partial charge on any atom is -0.459 e. The van der Waals surface area contributed by atoms with E-state index in [4.69, 9.17) is 4.42 Å². The van der Waals surface area contributed by atoms with Crippen LogP contribution in [0.4, 0.5) is 0 Å². The van der Waals surface area contributed by atoms with Crippen LogP contribution in [-0.4, -0.2) is 35.9 Å². The molecule has 0 radical (unpaired) electrons. The third-order valence-corrected chi connectivity index (χ3v) is 5.52. The molecule has 6 heteroatoms. The topological polar surface area (TPSA) is 71.3 Å². The van der Waals surface area contributed by atoms with Gasteiger partial charge in [-0.1, -0.05) is 27.7 Å². The van der Waals surface area contributed by atoms with Gasteiger partial charge in [-0.3, -0.25) is 9.59 Å². The molecule has 0 bridgehead atoms. The maximum absolute atomic E-state index is 12.9. The second kappa shape index (κ2) is 8.51. The van der Waals surface area contributed by atoms with E-state index in [1.807, 2.05) is 6.26 Å². The highest BCUT2D eigenvalue weighted by atomic mass is 32.2. The van der Waals surface area contributed by atoms with Gasteiger partial charge in [-0.2, -0.15) is 11.8 Å². The van der Waals surface area contributed by atoms with Gasteiger partial charge in [0.1, 0.15) is 6.04 Å². The van der Waals surface area contributed by atoms with Gasteiger partial charge in [0.25, 0.3) is 5.91 Å². The molecule has 1 aromatic rings. The van der Waals surface area contributed by atoms with E-state index in [9.17, 15) is 9.59 Å². The molecule has 2 amide bonds. The lowest BCUT2D eigenvalue weighted by Crippen LogP contribution is -2.53. The fourth-order valence-electron chi connectivity index (χ4n) is 4.39. The van der Waals surface area contributed by atoms with E-state index >= 15 is 0 Å². The van der Waals surface area contributed by atoms with Gasteiger partial charge >= 0.3 is 0 Å². The average Bonchev–Trinajstić information content (AvgIpc) is 3.02. The number of hydrogen-bond acceptors (Lipinski definition) is 4. The Morgan fingerprint density at radius 3 is 2.46 bits per heavy atom.